The second kappa shape index (κ2) is 87.9. The van der Waals surface area contributed by atoms with Gasteiger partial charge in [0.15, 0.2) is 0 Å². The monoisotopic (exact) mass is 3820 g/mol. The van der Waals surface area contributed by atoms with Crippen molar-refractivity contribution in [2.24, 2.45) is 0 Å². The van der Waals surface area contributed by atoms with Gasteiger partial charge in [0.2, 0.25) is 0 Å². The zero-order chi connectivity index (χ0) is 116. The maximum absolute atomic E-state index is 13.6. The molecule has 0 radical (unpaired) electrons. The molecule has 0 atom stereocenters. The number of hydrogen-bond acceptors (Lipinski definition) is 62. The zero-order valence-corrected chi connectivity index (χ0v) is 156. The van der Waals surface area contributed by atoms with E-state index in [1.54, 1.807) is 410 Å². The number of halogens is 1. The molecule has 0 heterocycles. The van der Waals surface area contributed by atoms with E-state index >= 15 is 0 Å². The van der Waals surface area contributed by atoms with Crippen LogP contribution in [0.4, 0.5) is 0 Å². The van der Waals surface area contributed by atoms with Gasteiger partial charge in [0.1, 0.15) is 0 Å². The van der Waals surface area contributed by atoms with E-state index in [0.29, 0.717) is 0 Å². The number of rotatable bonds is 74. The third-order valence-corrected chi connectivity index (χ3v) is 278. The Morgan fingerprint density at radius 3 is 0.172 bits per heavy atom. The summed E-state index contributed by atoms with van der Waals surface area (Å²) in [5, 5.41) is 0. The average molecular weight is 3830 g/mol. The molecule has 0 aromatic rings. The van der Waals surface area contributed by atoms with Crippen LogP contribution in [0.3, 0.4) is 0 Å². The van der Waals surface area contributed by atoms with Gasteiger partial charge in [0.25, 0.3) is 0 Å². The van der Waals surface area contributed by atoms with E-state index in [1.165, 1.54) is 0 Å². The van der Waals surface area contributed by atoms with Crippen molar-refractivity contribution in [1.82, 2.24) is 0 Å². The summed E-state index contributed by atoms with van der Waals surface area (Å²) in [5.74, 6) is 0. The molecule has 0 N–H and O–H groups in total. The van der Waals surface area contributed by atoms with Gasteiger partial charge < -0.3 is 0 Å². The molecule has 0 amide bonds. The van der Waals surface area contributed by atoms with Crippen molar-refractivity contribution in [1.29, 1.82) is 0 Å². The van der Waals surface area contributed by atoms with Gasteiger partial charge >= 0.3 is 1060 Å². The average Bonchev–Trinajstić information content (AvgIpc) is 0.818. The van der Waals surface area contributed by atoms with Crippen LogP contribution >= 0.6 is 579 Å². The van der Waals surface area contributed by atoms with Crippen LogP contribution in [0.25, 0.3) is 0 Å². The van der Waals surface area contributed by atoms with Crippen LogP contribution in [0.5, 0.6) is 0 Å². The summed E-state index contributed by atoms with van der Waals surface area (Å²) >= 11 is -28.9. The van der Waals surface area contributed by atoms with Gasteiger partial charge in [-0.05, 0) is 29.4 Å². The standard InChI is InChI=1S/C3H9ClS3.18C3H10OS3.6O.6Sb/c19*1-5-7(3,4)6-2;;;;;;;;;;;;/h1-3H3;18*4H,1-3H3;;;;;;;;;;;;/q;;;;;;;;;;;;;;;;;;;;;;;;;6*+3/p-18. The molecule has 0 rings (SSSR count). The van der Waals surface area contributed by atoms with E-state index in [0.717, 1.165) is 0 Å². The summed E-state index contributed by atoms with van der Waals surface area (Å²) in [7, 11) is 36.9. The summed E-state index contributed by atoms with van der Waals surface area (Å²) < 4.78 is 192. The fourth-order valence-corrected chi connectivity index (χ4v) is 229. The minimum absolute atomic E-state index is 0.852. The van der Waals surface area contributed by atoms with Gasteiger partial charge in [-0.2, -0.15) is 0 Å². The zero-order valence-electron chi connectivity index (χ0n) is 93.1. The second-order valence-electron chi connectivity index (χ2n) is 23.7. The molecule has 922 valence electrons. The van der Waals surface area contributed by atoms with Crippen LogP contribution in [-0.2, 0) is 62.4 Å². The van der Waals surface area contributed by atoms with Crippen LogP contribution in [0.15, 0.2) is 0 Å². The molecule has 0 bridgehead atoms. The maximum atomic E-state index is 13.6. The van der Waals surface area contributed by atoms with Gasteiger partial charge in [-0.25, -0.2) is 0 Å². The van der Waals surface area contributed by atoms with Crippen molar-refractivity contribution in [3.05, 3.63) is 0 Å². The Morgan fingerprint density at radius 1 is 0.110 bits per heavy atom. The summed E-state index contributed by atoms with van der Waals surface area (Å²) in [5.41, 5.74) is 0. The van der Waals surface area contributed by atoms with Crippen molar-refractivity contribution in [3.8, 4) is 0 Å². The summed E-state index contributed by atoms with van der Waals surface area (Å²) in [6.07, 6.45) is 113. The van der Waals surface area contributed by atoms with Crippen molar-refractivity contribution in [2.75, 3.05) is 357 Å². The SMILES string of the molecule is CSS(C)(Cl)SC.CSS(C)([O][Sb](=[O])([O]S(C)(SC)SC)[O]S(C)(SC)SC)SC.CSS(C)([O][Sb](=[O])([O]S(C)(SC)SC)[O]S(C)(SC)SC)SC.CSS(C)([O][Sb](=[O])([O]S(C)(SC)SC)[O]S(C)(SC)SC)SC.CSS(C)([O][Sb](=[O])([O]S(C)(SC)SC)[O]S(C)(SC)SC)SC.CSS(C)([O][Sb](=[O])([O]S(C)(SC)SC)[O]S(C)(SC)SC)SC.CSS(C)([O][Sb](=[O])([O]S(C)(SC)SC)[O]S(C)(SC)SC)SC. The van der Waals surface area contributed by atoms with E-state index < -0.39 is 278 Å². The van der Waals surface area contributed by atoms with E-state index in [2.05, 4.69) is 6.26 Å². The first-order valence-corrected chi connectivity index (χ1v) is 167. The molecule has 0 saturated carbocycles. The fourth-order valence-electron chi connectivity index (χ4n) is 5.60. The van der Waals surface area contributed by atoms with E-state index in [9.17, 15) is 18.1 Å². The molecular weight excluding hydrogens is 3660 g/mol. The molecule has 0 spiro atoms. The summed E-state index contributed by atoms with van der Waals surface area (Å²) in [6.45, 7) is 0. The van der Waals surface area contributed by atoms with Crippen molar-refractivity contribution in [2.45, 2.75) is 0 Å². The molecule has 88 heteroatoms. The Balaban J connectivity index is -0.000000311. The van der Waals surface area contributed by atoms with E-state index in [-0.39, 0.29) is 0 Å². The second-order valence-corrected chi connectivity index (χ2v) is 230. The molecule has 0 aliphatic carbocycles. The Labute approximate surface area is 1090 Å². The third kappa shape index (κ3) is 75.9. The fraction of sp³-hybridized carbons (Fsp3) is 1.00. The van der Waals surface area contributed by atoms with Crippen LogP contribution < -0.4 is 0 Å². The number of hydrogen-bond donors (Lipinski definition) is 0. The van der Waals surface area contributed by atoms with Crippen LogP contribution in [-0.4, -0.2) is 477 Å². The molecular formula is C57H171ClO24S57Sb6. The van der Waals surface area contributed by atoms with Gasteiger partial charge in [0.05, 0.1) is 0 Å². The van der Waals surface area contributed by atoms with Gasteiger partial charge in [0, 0.05) is 0 Å². The van der Waals surface area contributed by atoms with Gasteiger partial charge in [-0.15, -0.1) is 0 Å². The Bertz CT molecular complexity index is 2790. The van der Waals surface area contributed by atoms with Crippen molar-refractivity contribution in [3.63, 3.8) is 0 Å². The first-order chi connectivity index (χ1) is 66.0. The normalized spacial score (nSPS) is 16.3. The molecule has 0 fully saturated rings. The van der Waals surface area contributed by atoms with E-state index in [1.807, 2.05) is 350 Å². The quantitative estimate of drug-likeness (QED) is 0.0404. The molecule has 0 aliphatic rings. The van der Waals surface area contributed by atoms with Crippen molar-refractivity contribution < 1.29 is 62.4 Å². The Kier molecular flexibility index (Phi) is 110. The van der Waals surface area contributed by atoms with Gasteiger partial charge in [-0.1, -0.05) is 28.9 Å². The molecule has 0 saturated heterocycles. The molecule has 24 nitrogen and oxygen atoms in total. The van der Waals surface area contributed by atoms with Crippen LogP contribution in [0.1, 0.15) is 0 Å². The van der Waals surface area contributed by atoms with Gasteiger partial charge in [-0.3, -0.25) is 0 Å². The Hall–Kier alpha value is 23.2. The Morgan fingerprint density at radius 2 is 0.152 bits per heavy atom. The van der Waals surface area contributed by atoms with Crippen molar-refractivity contribution >= 4 is 699 Å². The van der Waals surface area contributed by atoms with Crippen LogP contribution in [0, 0.1) is 0 Å². The third-order valence-electron chi connectivity index (χ3n) is 15.6. The molecule has 0 aliphatic heterocycles. The first kappa shape index (κ1) is 181. The molecule has 0 aromatic carbocycles. The predicted octanol–water partition coefficient (Wildman–Crippen LogP) is 42.8. The minimum atomic E-state index is -4.81. The van der Waals surface area contributed by atoms with Crippen LogP contribution in [0.2, 0.25) is 0 Å². The molecule has 0 unspecified atom stereocenters. The molecule has 145 heavy (non-hydrogen) atoms. The predicted molar refractivity (Wildman–Crippen MR) is 834 cm³/mol. The summed E-state index contributed by atoms with van der Waals surface area (Å²) in [6, 6.07) is 0. The summed E-state index contributed by atoms with van der Waals surface area (Å²) in [4.78, 5) is 0. The van der Waals surface area contributed by atoms with E-state index in [4.69, 9.17) is 55.0 Å². The topological polar surface area (TPSA) is 269 Å². The first-order valence-electron chi connectivity index (χ1n) is 37.1. The molecule has 0 aromatic heterocycles.